The third-order valence-electron chi connectivity index (χ3n) is 7.16. The van der Waals surface area contributed by atoms with Crippen molar-refractivity contribution in [2.45, 2.75) is 51.5 Å². The number of nitrogens with one attached hydrogen (secondary N) is 2. The number of hydrogen-bond acceptors (Lipinski definition) is 5. The van der Waals surface area contributed by atoms with Crippen LogP contribution >= 0.6 is 0 Å². The minimum atomic E-state index is -0.466. The molecule has 2 aromatic heterocycles. The molecule has 2 heterocycles. The quantitative estimate of drug-likeness (QED) is 0.294. The minimum absolute atomic E-state index is 0.0421. The molecule has 194 valence electrons. The molecule has 0 aliphatic heterocycles. The third kappa shape index (κ3) is 4.74. The Bertz CT molecular complexity index is 1530. The van der Waals surface area contributed by atoms with E-state index in [9.17, 15) is 9.59 Å². The molecule has 8 heteroatoms. The van der Waals surface area contributed by atoms with Crippen molar-refractivity contribution in [1.29, 1.82) is 0 Å². The maximum Gasteiger partial charge on any atom is 0.251 e. The Morgan fingerprint density at radius 2 is 1.84 bits per heavy atom. The number of carbonyl (C=O) groups excluding carboxylic acids is 2. The van der Waals surface area contributed by atoms with Crippen LogP contribution in [0.5, 0.6) is 0 Å². The number of fused-ring (bicyclic) bond motifs is 1. The SMILES string of the molecule is CC(C)CNc1nc(-c2c(C(N)=O)cccc2C2CC2)cn2c(-c3ccc(C(=O)NC4CC4)cc3)cnc12. The van der Waals surface area contributed by atoms with Crippen LogP contribution in [0, 0.1) is 5.92 Å². The maximum atomic E-state index is 12.5. The smallest absolute Gasteiger partial charge is 0.251 e. The van der Waals surface area contributed by atoms with Crippen molar-refractivity contribution < 1.29 is 9.59 Å². The maximum absolute atomic E-state index is 12.5. The van der Waals surface area contributed by atoms with Crippen molar-refractivity contribution in [2.24, 2.45) is 11.7 Å². The zero-order valence-electron chi connectivity index (χ0n) is 21.7. The Balaban J connectivity index is 1.47. The van der Waals surface area contributed by atoms with Crippen LogP contribution in [0.3, 0.4) is 0 Å². The van der Waals surface area contributed by atoms with Gasteiger partial charge in [0.1, 0.15) is 0 Å². The van der Waals surface area contributed by atoms with Gasteiger partial charge in [-0.2, -0.15) is 0 Å². The summed E-state index contributed by atoms with van der Waals surface area (Å²) in [5, 5.41) is 6.49. The fourth-order valence-corrected chi connectivity index (χ4v) is 4.83. The standard InChI is InChI=1S/C30H32N6O2/c1-17(2)14-32-28-29-33-15-25(19-8-10-20(11-9-19)30(38)34-21-12-13-21)36(29)16-24(35-28)26-22(18-6-7-18)4-3-5-23(26)27(31)37/h3-5,8-11,15-18,21H,6-7,12-14H2,1-2H3,(H2,31,37)(H,32,35)(H,34,38). The minimum Gasteiger partial charge on any atom is -0.367 e. The lowest BCUT2D eigenvalue weighted by Crippen LogP contribution is -2.25. The molecule has 0 radical (unpaired) electrons. The van der Waals surface area contributed by atoms with E-state index in [0.29, 0.717) is 46.2 Å². The number of benzene rings is 2. The van der Waals surface area contributed by atoms with Crippen LogP contribution in [0.25, 0.3) is 28.2 Å². The van der Waals surface area contributed by atoms with E-state index in [1.165, 1.54) is 0 Å². The number of rotatable bonds is 9. The van der Waals surface area contributed by atoms with E-state index in [1.807, 2.05) is 47.1 Å². The molecule has 4 aromatic rings. The molecule has 2 aliphatic rings. The predicted octanol–water partition coefficient (Wildman–Crippen LogP) is 5.00. The highest BCUT2D eigenvalue weighted by Gasteiger charge is 2.30. The summed E-state index contributed by atoms with van der Waals surface area (Å²) >= 11 is 0. The van der Waals surface area contributed by atoms with E-state index < -0.39 is 5.91 Å². The van der Waals surface area contributed by atoms with Gasteiger partial charge in [0, 0.05) is 41.0 Å². The van der Waals surface area contributed by atoms with Crippen molar-refractivity contribution in [3.63, 3.8) is 0 Å². The van der Waals surface area contributed by atoms with Gasteiger partial charge in [-0.3, -0.25) is 14.0 Å². The van der Waals surface area contributed by atoms with Gasteiger partial charge in [-0.25, -0.2) is 9.97 Å². The molecule has 2 aromatic carbocycles. The molecule has 8 nitrogen and oxygen atoms in total. The summed E-state index contributed by atoms with van der Waals surface area (Å²) in [5.74, 6) is 0.963. The third-order valence-corrected chi connectivity index (χ3v) is 7.16. The van der Waals surface area contributed by atoms with Gasteiger partial charge in [-0.05, 0) is 61.3 Å². The lowest BCUT2D eigenvalue weighted by Gasteiger charge is -2.16. The van der Waals surface area contributed by atoms with Gasteiger partial charge >= 0.3 is 0 Å². The molecule has 2 fully saturated rings. The summed E-state index contributed by atoms with van der Waals surface area (Å²) < 4.78 is 2.01. The number of hydrogen-bond donors (Lipinski definition) is 3. The zero-order chi connectivity index (χ0) is 26.4. The lowest BCUT2D eigenvalue weighted by atomic mass is 9.95. The summed E-state index contributed by atoms with van der Waals surface area (Å²) in [6.07, 6.45) is 8.05. The van der Waals surface area contributed by atoms with Crippen LogP contribution in [-0.2, 0) is 0 Å². The van der Waals surface area contributed by atoms with Crippen LogP contribution in [-0.4, -0.2) is 38.8 Å². The average Bonchev–Trinajstić information content (AvgIpc) is 3.85. The Kier molecular flexibility index (Phi) is 6.10. The van der Waals surface area contributed by atoms with E-state index in [1.54, 1.807) is 6.07 Å². The molecule has 0 atom stereocenters. The van der Waals surface area contributed by atoms with Gasteiger partial charge in [0.15, 0.2) is 11.5 Å². The van der Waals surface area contributed by atoms with Crippen LogP contribution < -0.4 is 16.4 Å². The van der Waals surface area contributed by atoms with Gasteiger partial charge in [0.05, 0.1) is 17.6 Å². The number of nitrogens with two attached hydrogens (primary N) is 1. The first-order valence-corrected chi connectivity index (χ1v) is 13.4. The Hall–Kier alpha value is -4.20. The molecule has 2 amide bonds. The topological polar surface area (TPSA) is 114 Å². The van der Waals surface area contributed by atoms with Crippen molar-refractivity contribution in [2.75, 3.05) is 11.9 Å². The first-order valence-electron chi connectivity index (χ1n) is 13.4. The zero-order valence-corrected chi connectivity index (χ0v) is 21.7. The van der Waals surface area contributed by atoms with Crippen LogP contribution in [0.4, 0.5) is 5.82 Å². The summed E-state index contributed by atoms with van der Waals surface area (Å²) in [4.78, 5) is 34.6. The van der Waals surface area contributed by atoms with Crippen molar-refractivity contribution in [3.05, 3.63) is 71.5 Å². The van der Waals surface area contributed by atoms with Gasteiger partial charge in [0.2, 0.25) is 5.91 Å². The normalized spacial score (nSPS) is 15.1. The fourth-order valence-electron chi connectivity index (χ4n) is 4.83. The van der Waals surface area contributed by atoms with Crippen molar-refractivity contribution in [1.82, 2.24) is 19.7 Å². The first kappa shape index (κ1) is 24.2. The van der Waals surface area contributed by atoms with E-state index in [-0.39, 0.29) is 5.91 Å². The van der Waals surface area contributed by atoms with Crippen molar-refractivity contribution >= 4 is 23.3 Å². The van der Waals surface area contributed by atoms with Gasteiger partial charge in [-0.1, -0.05) is 38.1 Å². The molecule has 6 rings (SSSR count). The highest BCUT2D eigenvalue weighted by Crippen LogP contribution is 2.45. The average molecular weight is 509 g/mol. The number of aromatic nitrogens is 3. The molecule has 0 bridgehead atoms. The Morgan fingerprint density at radius 1 is 1.08 bits per heavy atom. The number of anilines is 1. The van der Waals surface area contributed by atoms with Crippen LogP contribution in [0.1, 0.15) is 71.7 Å². The molecule has 0 unspecified atom stereocenters. The predicted molar refractivity (Wildman–Crippen MR) is 148 cm³/mol. The number of nitrogens with zero attached hydrogens (tertiary/aromatic N) is 3. The van der Waals surface area contributed by atoms with Crippen molar-refractivity contribution in [3.8, 4) is 22.5 Å². The molecule has 2 saturated carbocycles. The molecule has 2 aliphatic carbocycles. The first-order chi connectivity index (χ1) is 18.4. The molecule has 0 spiro atoms. The van der Waals surface area contributed by atoms with E-state index in [4.69, 9.17) is 15.7 Å². The van der Waals surface area contributed by atoms with E-state index >= 15 is 0 Å². The monoisotopic (exact) mass is 508 g/mol. The molecular weight excluding hydrogens is 476 g/mol. The second kappa shape index (κ2) is 9.59. The molecular formula is C30H32N6O2. The van der Waals surface area contributed by atoms with Gasteiger partial charge in [0.25, 0.3) is 5.91 Å². The number of imidazole rings is 1. The summed E-state index contributed by atoms with van der Waals surface area (Å²) in [6.45, 7) is 5.01. The largest absolute Gasteiger partial charge is 0.367 e. The second-order valence-corrected chi connectivity index (χ2v) is 10.8. The molecule has 38 heavy (non-hydrogen) atoms. The Labute approximate surface area is 221 Å². The summed E-state index contributed by atoms with van der Waals surface area (Å²) in [5.41, 5.74) is 12.0. The summed E-state index contributed by atoms with van der Waals surface area (Å²) in [7, 11) is 0. The van der Waals surface area contributed by atoms with Gasteiger partial charge in [-0.15, -0.1) is 0 Å². The van der Waals surface area contributed by atoms with E-state index in [2.05, 4.69) is 30.5 Å². The number of amides is 2. The summed E-state index contributed by atoms with van der Waals surface area (Å²) in [6, 6.07) is 13.6. The fraction of sp³-hybridized carbons (Fsp3) is 0.333. The molecule has 4 N–H and O–H groups in total. The van der Waals surface area contributed by atoms with Crippen LogP contribution in [0.15, 0.2) is 54.9 Å². The number of primary amides is 1. The highest BCUT2D eigenvalue weighted by atomic mass is 16.2. The number of carbonyl (C=O) groups is 2. The Morgan fingerprint density at radius 3 is 2.50 bits per heavy atom. The molecule has 0 saturated heterocycles. The van der Waals surface area contributed by atoms with Crippen LogP contribution in [0.2, 0.25) is 0 Å². The highest BCUT2D eigenvalue weighted by molar-refractivity contribution is 6.00. The lowest BCUT2D eigenvalue weighted by molar-refractivity contribution is 0.0949. The van der Waals surface area contributed by atoms with E-state index in [0.717, 1.165) is 54.6 Å². The van der Waals surface area contributed by atoms with Gasteiger partial charge < -0.3 is 16.4 Å². The second-order valence-electron chi connectivity index (χ2n) is 10.8.